The van der Waals surface area contributed by atoms with Gasteiger partial charge in [-0.05, 0) is 48.4 Å². The summed E-state index contributed by atoms with van der Waals surface area (Å²) in [6.07, 6.45) is 7.79. The van der Waals surface area contributed by atoms with Crippen molar-refractivity contribution in [3.05, 3.63) is 70.7 Å². The van der Waals surface area contributed by atoms with E-state index in [0.29, 0.717) is 18.8 Å². The van der Waals surface area contributed by atoms with Gasteiger partial charge < -0.3 is 5.11 Å². The van der Waals surface area contributed by atoms with Crippen molar-refractivity contribution in [1.82, 2.24) is 34.7 Å². The Hall–Kier alpha value is -4.08. The quantitative estimate of drug-likeness (QED) is 0.355. The zero-order valence-corrected chi connectivity index (χ0v) is 21.0. The summed E-state index contributed by atoms with van der Waals surface area (Å²) in [6.45, 7) is 4.48. The lowest BCUT2D eigenvalue weighted by Crippen LogP contribution is -2.34. The van der Waals surface area contributed by atoms with E-state index in [1.54, 1.807) is 15.3 Å². The monoisotopic (exact) mass is 501 g/mol. The van der Waals surface area contributed by atoms with Crippen molar-refractivity contribution in [1.29, 1.82) is 0 Å². The van der Waals surface area contributed by atoms with E-state index in [4.69, 9.17) is 0 Å². The van der Waals surface area contributed by atoms with Crippen LogP contribution in [-0.4, -0.2) is 45.8 Å². The minimum atomic E-state index is -0.831. The van der Waals surface area contributed by atoms with E-state index in [9.17, 15) is 14.7 Å². The third-order valence-corrected chi connectivity index (χ3v) is 7.41. The molecule has 2 N–H and O–H groups in total. The average molecular weight is 502 g/mol. The molecule has 0 bridgehead atoms. The van der Waals surface area contributed by atoms with Crippen LogP contribution in [0, 0.1) is 11.8 Å². The number of nitrogens with zero attached hydrogens (tertiary/aromatic N) is 6. The van der Waals surface area contributed by atoms with E-state index in [1.165, 1.54) is 0 Å². The number of imidazole rings is 1. The molecule has 5 rings (SSSR count). The van der Waals surface area contributed by atoms with Crippen LogP contribution in [0.3, 0.4) is 0 Å². The number of H-pyrrole nitrogens is 1. The van der Waals surface area contributed by atoms with E-state index >= 15 is 0 Å². The summed E-state index contributed by atoms with van der Waals surface area (Å²) in [7, 11) is 0. The van der Waals surface area contributed by atoms with Crippen molar-refractivity contribution in [2.24, 2.45) is 11.8 Å². The Bertz CT molecular complexity index is 1420. The highest BCUT2D eigenvalue weighted by atomic mass is 16.4. The van der Waals surface area contributed by atoms with Gasteiger partial charge in [0.2, 0.25) is 5.82 Å². The molecule has 37 heavy (non-hydrogen) atoms. The van der Waals surface area contributed by atoms with E-state index in [0.717, 1.165) is 53.8 Å². The maximum absolute atomic E-state index is 13.6. The standard InChI is InChI=1S/C27H31N7O3/c1-3-4-7-20-16-34(24-17(2)10-13-23(24)26(35)36)27(37)33(20)15-19-12-11-18(14-28-19)21-8-5-6-9-22(21)25-29-31-32-30-25/h5-6,8-9,11-12,14,16-17,23-24H,3-4,7,10,13,15H2,1-2H3,(H,35,36)(H,29,30,31,32). The number of aromatic amines is 1. The maximum Gasteiger partial charge on any atom is 0.328 e. The zero-order valence-electron chi connectivity index (χ0n) is 21.0. The fourth-order valence-corrected chi connectivity index (χ4v) is 5.45. The molecular weight excluding hydrogens is 470 g/mol. The first-order chi connectivity index (χ1) is 18.0. The molecule has 3 aromatic heterocycles. The van der Waals surface area contributed by atoms with E-state index in [-0.39, 0.29) is 17.6 Å². The van der Waals surface area contributed by atoms with Gasteiger partial charge >= 0.3 is 11.7 Å². The number of aliphatic carboxylic acids is 1. The molecule has 3 atom stereocenters. The van der Waals surface area contributed by atoms with Gasteiger partial charge in [0.05, 0.1) is 24.2 Å². The van der Waals surface area contributed by atoms with Crippen molar-refractivity contribution in [2.75, 3.05) is 0 Å². The molecule has 3 heterocycles. The molecule has 0 radical (unpaired) electrons. The molecule has 1 aliphatic rings. The zero-order chi connectivity index (χ0) is 25.9. The Morgan fingerprint density at radius 3 is 2.65 bits per heavy atom. The highest BCUT2D eigenvalue weighted by Gasteiger charge is 2.40. The highest BCUT2D eigenvalue weighted by molar-refractivity contribution is 5.79. The highest BCUT2D eigenvalue weighted by Crippen LogP contribution is 2.40. The Labute approximate surface area is 214 Å². The molecule has 1 saturated carbocycles. The van der Waals surface area contributed by atoms with Crippen LogP contribution in [0.15, 0.2) is 53.6 Å². The first kappa shape index (κ1) is 24.6. The molecule has 0 spiro atoms. The smallest absolute Gasteiger partial charge is 0.328 e. The molecule has 1 aliphatic carbocycles. The lowest BCUT2D eigenvalue weighted by Gasteiger charge is -2.20. The molecular formula is C27H31N7O3. The predicted molar refractivity (Wildman–Crippen MR) is 138 cm³/mol. The number of tetrazole rings is 1. The molecule has 4 aromatic rings. The van der Waals surface area contributed by atoms with Crippen LogP contribution in [0.4, 0.5) is 0 Å². The van der Waals surface area contributed by atoms with Crippen molar-refractivity contribution < 1.29 is 9.90 Å². The number of unbranched alkanes of at least 4 members (excludes halogenated alkanes) is 1. The number of hydrogen-bond acceptors (Lipinski definition) is 6. The number of carboxylic acids is 1. The Kier molecular flexibility index (Phi) is 6.98. The van der Waals surface area contributed by atoms with Gasteiger partial charge in [-0.15, -0.1) is 10.2 Å². The van der Waals surface area contributed by atoms with Gasteiger partial charge in [0.25, 0.3) is 0 Å². The number of benzene rings is 1. The van der Waals surface area contributed by atoms with Gasteiger partial charge in [0.15, 0.2) is 0 Å². The lowest BCUT2D eigenvalue weighted by molar-refractivity contribution is -0.142. The number of aromatic nitrogens is 7. The van der Waals surface area contributed by atoms with Crippen LogP contribution in [-0.2, 0) is 17.8 Å². The summed E-state index contributed by atoms with van der Waals surface area (Å²) in [4.78, 5) is 30.2. The second kappa shape index (κ2) is 10.5. The topological polar surface area (TPSA) is 132 Å². The minimum Gasteiger partial charge on any atom is -0.481 e. The SMILES string of the molecule is CCCCc1cn(C2C(C)CCC2C(=O)O)c(=O)n1Cc1ccc(-c2ccccc2-c2nn[nH]n2)cn1. The third kappa shape index (κ3) is 4.83. The first-order valence-corrected chi connectivity index (χ1v) is 12.8. The first-order valence-electron chi connectivity index (χ1n) is 12.8. The number of aryl methyl sites for hydroxylation is 1. The Morgan fingerprint density at radius 2 is 1.97 bits per heavy atom. The van der Waals surface area contributed by atoms with Gasteiger partial charge in [-0.3, -0.25) is 18.9 Å². The number of pyridine rings is 1. The molecule has 0 aliphatic heterocycles. The van der Waals surface area contributed by atoms with Crippen molar-refractivity contribution in [2.45, 2.75) is 58.5 Å². The second-order valence-electron chi connectivity index (χ2n) is 9.81. The molecule has 3 unspecified atom stereocenters. The van der Waals surface area contributed by atoms with Crippen molar-refractivity contribution in [3.8, 4) is 22.5 Å². The molecule has 10 nitrogen and oxygen atoms in total. The molecule has 0 amide bonds. The van der Waals surface area contributed by atoms with Gasteiger partial charge in [-0.1, -0.05) is 50.6 Å². The van der Waals surface area contributed by atoms with Crippen LogP contribution in [0.1, 0.15) is 57.0 Å². The summed E-state index contributed by atoms with van der Waals surface area (Å²) < 4.78 is 3.44. The van der Waals surface area contributed by atoms with Crippen LogP contribution in [0.25, 0.3) is 22.5 Å². The second-order valence-corrected chi connectivity index (χ2v) is 9.81. The van der Waals surface area contributed by atoms with Gasteiger partial charge in [-0.25, -0.2) is 4.79 Å². The van der Waals surface area contributed by atoms with Crippen LogP contribution < -0.4 is 5.69 Å². The van der Waals surface area contributed by atoms with Crippen LogP contribution in [0.5, 0.6) is 0 Å². The van der Waals surface area contributed by atoms with Crippen LogP contribution >= 0.6 is 0 Å². The van der Waals surface area contributed by atoms with Crippen LogP contribution in [0.2, 0.25) is 0 Å². The van der Waals surface area contributed by atoms with Gasteiger partial charge in [-0.2, -0.15) is 5.21 Å². The molecule has 0 saturated heterocycles. The fraction of sp³-hybridized carbons (Fsp3) is 0.407. The van der Waals surface area contributed by atoms with Gasteiger partial charge in [0, 0.05) is 29.2 Å². The molecule has 1 fully saturated rings. The van der Waals surface area contributed by atoms with Gasteiger partial charge in [0.1, 0.15) is 0 Å². The maximum atomic E-state index is 13.6. The number of carbonyl (C=O) groups is 1. The lowest BCUT2D eigenvalue weighted by atomic mass is 9.99. The Morgan fingerprint density at radius 1 is 1.16 bits per heavy atom. The van der Waals surface area contributed by atoms with E-state index in [1.807, 2.05) is 49.5 Å². The summed E-state index contributed by atoms with van der Waals surface area (Å²) in [5.74, 6) is -0.735. The number of carboxylic acid groups (broad SMARTS) is 1. The Balaban J connectivity index is 1.46. The van der Waals surface area contributed by atoms with Crippen molar-refractivity contribution in [3.63, 3.8) is 0 Å². The summed E-state index contributed by atoms with van der Waals surface area (Å²) in [5, 5.41) is 24.1. The summed E-state index contributed by atoms with van der Waals surface area (Å²) in [5.41, 5.74) is 4.20. The van der Waals surface area contributed by atoms with E-state index < -0.39 is 11.9 Å². The minimum absolute atomic E-state index is 0.130. The number of nitrogens with one attached hydrogen (secondary N) is 1. The number of rotatable bonds is 9. The summed E-state index contributed by atoms with van der Waals surface area (Å²) in [6, 6.07) is 11.4. The predicted octanol–water partition coefficient (Wildman–Crippen LogP) is 3.95. The number of hydrogen-bond donors (Lipinski definition) is 2. The average Bonchev–Trinajstić information content (AvgIpc) is 3.64. The fourth-order valence-electron chi connectivity index (χ4n) is 5.45. The van der Waals surface area contributed by atoms with Crippen molar-refractivity contribution >= 4 is 5.97 Å². The molecule has 10 heteroatoms. The molecule has 1 aromatic carbocycles. The van der Waals surface area contributed by atoms with E-state index in [2.05, 4.69) is 32.5 Å². The molecule has 192 valence electrons. The normalized spacial score (nSPS) is 19.4. The summed E-state index contributed by atoms with van der Waals surface area (Å²) >= 11 is 0. The largest absolute Gasteiger partial charge is 0.481 e. The third-order valence-electron chi connectivity index (χ3n) is 7.41.